The van der Waals surface area contributed by atoms with Crippen molar-refractivity contribution >= 4 is 34.1 Å². The van der Waals surface area contributed by atoms with Crippen LogP contribution < -0.4 is 4.90 Å². The van der Waals surface area contributed by atoms with Crippen LogP contribution in [0, 0.1) is 0 Å². The monoisotopic (exact) mass is 383 g/mol. The van der Waals surface area contributed by atoms with E-state index in [0.29, 0.717) is 16.3 Å². The summed E-state index contributed by atoms with van der Waals surface area (Å²) >= 11 is 0. The number of amides is 2. The molecule has 0 saturated carbocycles. The van der Waals surface area contributed by atoms with E-state index in [0.717, 1.165) is 23.1 Å². The van der Waals surface area contributed by atoms with Gasteiger partial charge >= 0.3 is 6.18 Å². The fraction of sp³-hybridized carbons (Fsp3) is 0.0952. The fourth-order valence-electron chi connectivity index (χ4n) is 3.46. The van der Waals surface area contributed by atoms with Crippen LogP contribution in [0.4, 0.5) is 18.9 Å². The van der Waals surface area contributed by atoms with Crippen molar-refractivity contribution in [3.63, 3.8) is 0 Å². The van der Waals surface area contributed by atoms with Gasteiger partial charge in [0.15, 0.2) is 5.78 Å². The maximum Gasteiger partial charge on any atom is 0.416 e. The molecular weight excluding hydrogens is 371 g/mol. The maximum atomic E-state index is 13.1. The number of rotatable bonds is 2. The van der Waals surface area contributed by atoms with Crippen LogP contribution in [-0.4, -0.2) is 17.6 Å². The van der Waals surface area contributed by atoms with E-state index in [9.17, 15) is 27.6 Å². The first kappa shape index (κ1) is 17.9. The second kappa shape index (κ2) is 6.02. The molecule has 0 radical (unpaired) electrons. The Morgan fingerprint density at radius 3 is 2.18 bits per heavy atom. The molecule has 0 N–H and O–H groups in total. The molecule has 0 aliphatic carbocycles. The highest BCUT2D eigenvalue weighted by atomic mass is 19.4. The van der Waals surface area contributed by atoms with Crippen LogP contribution in [0.15, 0.2) is 54.6 Å². The Balaban J connectivity index is 1.94. The Morgan fingerprint density at radius 1 is 0.893 bits per heavy atom. The first-order valence-corrected chi connectivity index (χ1v) is 8.33. The topological polar surface area (TPSA) is 54.5 Å². The molecule has 4 nitrogen and oxygen atoms in total. The van der Waals surface area contributed by atoms with E-state index in [2.05, 4.69) is 0 Å². The standard InChI is InChI=1S/C21H12F3NO3/c1-11(26)14-8-9-17-18-15(14)6-3-7-16(18)19(27)25(20(17)28)13-5-2-4-12(10-13)21(22,23)24/h2-10H,1H3. The summed E-state index contributed by atoms with van der Waals surface area (Å²) in [6, 6.07) is 11.7. The van der Waals surface area contributed by atoms with E-state index in [1.165, 1.54) is 31.2 Å². The smallest absolute Gasteiger partial charge is 0.294 e. The van der Waals surface area contributed by atoms with E-state index in [1.54, 1.807) is 12.1 Å². The number of carbonyl (C=O) groups is 3. The highest BCUT2D eigenvalue weighted by Crippen LogP contribution is 2.36. The van der Waals surface area contributed by atoms with Gasteiger partial charge in [-0.3, -0.25) is 14.4 Å². The van der Waals surface area contributed by atoms with Gasteiger partial charge in [0.05, 0.1) is 11.3 Å². The lowest BCUT2D eigenvalue weighted by Gasteiger charge is -2.28. The highest BCUT2D eigenvalue weighted by Gasteiger charge is 2.36. The van der Waals surface area contributed by atoms with E-state index >= 15 is 0 Å². The number of imide groups is 1. The van der Waals surface area contributed by atoms with E-state index in [1.807, 2.05) is 0 Å². The van der Waals surface area contributed by atoms with Gasteiger partial charge in [-0.2, -0.15) is 13.2 Å². The van der Waals surface area contributed by atoms with Crippen molar-refractivity contribution in [3.05, 3.63) is 76.9 Å². The Kier molecular flexibility index (Phi) is 3.85. The van der Waals surface area contributed by atoms with Gasteiger partial charge in [0.2, 0.25) is 0 Å². The lowest BCUT2D eigenvalue weighted by Crippen LogP contribution is -2.40. The number of hydrogen-bond acceptors (Lipinski definition) is 3. The molecule has 0 bridgehead atoms. The lowest BCUT2D eigenvalue weighted by molar-refractivity contribution is -0.137. The van der Waals surface area contributed by atoms with Crippen molar-refractivity contribution in [2.24, 2.45) is 0 Å². The summed E-state index contributed by atoms with van der Waals surface area (Å²) in [5.74, 6) is -1.69. The number of nitrogens with zero attached hydrogens (tertiary/aromatic N) is 1. The molecule has 0 spiro atoms. The normalized spacial score (nSPS) is 13.9. The molecule has 4 rings (SSSR count). The van der Waals surface area contributed by atoms with Gasteiger partial charge in [-0.1, -0.05) is 18.2 Å². The SMILES string of the molecule is CC(=O)c1ccc2c3c(cccc13)C(=O)N(c1cccc(C(F)(F)F)c1)C2=O. The molecule has 0 aromatic heterocycles. The molecule has 0 unspecified atom stereocenters. The minimum atomic E-state index is -4.60. The number of carbonyl (C=O) groups excluding carboxylic acids is 3. The van der Waals surface area contributed by atoms with Gasteiger partial charge in [-0.15, -0.1) is 0 Å². The summed E-state index contributed by atoms with van der Waals surface area (Å²) in [4.78, 5) is 38.6. The second-order valence-corrected chi connectivity index (χ2v) is 6.44. The van der Waals surface area contributed by atoms with Crippen molar-refractivity contribution in [2.45, 2.75) is 13.1 Å². The molecule has 28 heavy (non-hydrogen) atoms. The summed E-state index contributed by atoms with van der Waals surface area (Å²) in [5.41, 5.74) is -0.432. The zero-order valence-corrected chi connectivity index (χ0v) is 14.5. The molecule has 7 heteroatoms. The molecule has 1 heterocycles. The minimum Gasteiger partial charge on any atom is -0.294 e. The zero-order chi connectivity index (χ0) is 20.2. The van der Waals surface area contributed by atoms with Crippen molar-refractivity contribution in [1.82, 2.24) is 0 Å². The molecule has 1 aliphatic rings. The van der Waals surface area contributed by atoms with Crippen LogP contribution >= 0.6 is 0 Å². The van der Waals surface area contributed by atoms with Crippen LogP contribution in [0.1, 0.15) is 43.6 Å². The van der Waals surface area contributed by atoms with E-state index in [4.69, 9.17) is 0 Å². The summed E-state index contributed by atoms with van der Waals surface area (Å²) in [5, 5.41) is 0.807. The third-order valence-corrected chi connectivity index (χ3v) is 4.72. The molecule has 140 valence electrons. The largest absolute Gasteiger partial charge is 0.416 e. The Bertz CT molecular complexity index is 1160. The van der Waals surface area contributed by atoms with Gasteiger partial charge in [0.1, 0.15) is 0 Å². The summed E-state index contributed by atoms with van der Waals surface area (Å²) in [6.45, 7) is 1.38. The van der Waals surface area contributed by atoms with Crippen LogP contribution in [0.5, 0.6) is 0 Å². The molecule has 0 fully saturated rings. The predicted molar refractivity (Wildman–Crippen MR) is 96.5 cm³/mol. The van der Waals surface area contributed by atoms with Crippen LogP contribution in [0.2, 0.25) is 0 Å². The van der Waals surface area contributed by atoms with Gasteiger partial charge in [-0.05, 0) is 48.7 Å². The fourth-order valence-corrected chi connectivity index (χ4v) is 3.46. The van der Waals surface area contributed by atoms with Crippen molar-refractivity contribution in [1.29, 1.82) is 0 Å². The first-order chi connectivity index (χ1) is 13.2. The Hall–Kier alpha value is -3.48. The van der Waals surface area contributed by atoms with Gasteiger partial charge in [-0.25, -0.2) is 4.90 Å². The third-order valence-electron chi connectivity index (χ3n) is 4.72. The summed E-state index contributed by atoms with van der Waals surface area (Å²) < 4.78 is 39.2. The van der Waals surface area contributed by atoms with Crippen molar-refractivity contribution in [2.75, 3.05) is 4.90 Å². The van der Waals surface area contributed by atoms with Gasteiger partial charge in [0, 0.05) is 22.1 Å². The molecule has 1 aliphatic heterocycles. The number of Topliss-reactive ketones (excluding diaryl/α,β-unsaturated/α-hetero) is 1. The third kappa shape index (κ3) is 2.58. The van der Waals surface area contributed by atoms with Crippen molar-refractivity contribution < 1.29 is 27.6 Å². The van der Waals surface area contributed by atoms with Crippen LogP contribution in [0.3, 0.4) is 0 Å². The highest BCUT2D eigenvalue weighted by molar-refractivity contribution is 6.36. The Morgan fingerprint density at radius 2 is 1.54 bits per heavy atom. The molecule has 0 saturated heterocycles. The molecule has 3 aromatic carbocycles. The van der Waals surface area contributed by atoms with Gasteiger partial charge in [0.25, 0.3) is 11.8 Å². The van der Waals surface area contributed by atoms with Gasteiger partial charge < -0.3 is 0 Å². The average molecular weight is 383 g/mol. The number of ketones is 1. The van der Waals surface area contributed by atoms with Crippen molar-refractivity contribution in [3.8, 4) is 0 Å². The molecular formula is C21H12F3NO3. The zero-order valence-electron chi connectivity index (χ0n) is 14.5. The first-order valence-electron chi connectivity index (χ1n) is 8.33. The molecule has 2 amide bonds. The predicted octanol–water partition coefficient (Wildman–Crippen LogP) is 4.86. The lowest BCUT2D eigenvalue weighted by atomic mass is 9.90. The maximum absolute atomic E-state index is 13.1. The number of halogens is 3. The quantitative estimate of drug-likeness (QED) is 0.469. The van der Waals surface area contributed by atoms with Crippen LogP contribution in [-0.2, 0) is 6.18 Å². The Labute approximate surface area is 157 Å². The molecule has 0 atom stereocenters. The minimum absolute atomic E-state index is 0.160. The number of hydrogen-bond donors (Lipinski definition) is 0. The summed E-state index contributed by atoms with van der Waals surface area (Å²) in [6.07, 6.45) is -4.60. The number of anilines is 1. The van der Waals surface area contributed by atoms with E-state index in [-0.39, 0.29) is 22.6 Å². The summed E-state index contributed by atoms with van der Waals surface area (Å²) in [7, 11) is 0. The second-order valence-electron chi connectivity index (χ2n) is 6.44. The van der Waals surface area contributed by atoms with E-state index < -0.39 is 23.6 Å². The molecule has 3 aromatic rings. The number of benzene rings is 3. The average Bonchev–Trinajstić information content (AvgIpc) is 2.65. The number of alkyl halides is 3. The van der Waals surface area contributed by atoms with Crippen LogP contribution in [0.25, 0.3) is 10.8 Å².